The number of rotatable bonds is 7. The number of aromatic nitrogens is 1. The van der Waals surface area contributed by atoms with Gasteiger partial charge in [-0.15, -0.1) is 13.2 Å². The summed E-state index contributed by atoms with van der Waals surface area (Å²) in [6.07, 6.45) is 5.65. The standard InChI is InChI=1S/C19H22N2/c1-4-16(5-2)19(18-13-9-10-14-20-18)21-15(3)17-11-7-6-8-12-17/h4-16,19,21H,1-2H2,3H3/t15-,19-/m0/s1. The molecule has 2 rings (SSSR count). The number of pyridine rings is 1. The van der Waals surface area contributed by atoms with E-state index in [0.717, 1.165) is 5.69 Å². The van der Waals surface area contributed by atoms with E-state index < -0.39 is 0 Å². The molecule has 2 nitrogen and oxygen atoms in total. The molecule has 0 aliphatic heterocycles. The van der Waals surface area contributed by atoms with Crippen LogP contribution in [0.1, 0.15) is 30.3 Å². The van der Waals surface area contributed by atoms with Gasteiger partial charge in [-0.3, -0.25) is 4.98 Å². The van der Waals surface area contributed by atoms with Gasteiger partial charge in [-0.25, -0.2) is 0 Å². The predicted octanol–water partition coefficient (Wildman–Crippen LogP) is 4.46. The molecule has 0 fully saturated rings. The van der Waals surface area contributed by atoms with Crippen LogP contribution in [0.4, 0.5) is 0 Å². The average molecular weight is 278 g/mol. The summed E-state index contributed by atoms with van der Waals surface area (Å²) in [5.74, 6) is 0.131. The first-order valence-electron chi connectivity index (χ1n) is 7.23. The molecule has 0 radical (unpaired) electrons. The van der Waals surface area contributed by atoms with E-state index in [9.17, 15) is 0 Å². The summed E-state index contributed by atoms with van der Waals surface area (Å²) in [7, 11) is 0. The van der Waals surface area contributed by atoms with Crippen LogP contribution in [0.25, 0.3) is 0 Å². The highest BCUT2D eigenvalue weighted by Crippen LogP contribution is 2.26. The number of nitrogens with one attached hydrogen (secondary N) is 1. The maximum atomic E-state index is 4.48. The fourth-order valence-corrected chi connectivity index (χ4v) is 2.43. The largest absolute Gasteiger partial charge is 0.301 e. The normalized spacial score (nSPS) is 13.6. The van der Waals surface area contributed by atoms with Gasteiger partial charge in [0.05, 0.1) is 11.7 Å². The molecule has 1 aromatic heterocycles. The summed E-state index contributed by atoms with van der Waals surface area (Å²) in [5.41, 5.74) is 2.26. The Balaban J connectivity index is 2.24. The van der Waals surface area contributed by atoms with Gasteiger partial charge in [-0.2, -0.15) is 0 Å². The van der Waals surface area contributed by atoms with E-state index in [1.165, 1.54) is 5.56 Å². The van der Waals surface area contributed by atoms with E-state index in [2.05, 4.69) is 54.6 Å². The van der Waals surface area contributed by atoms with Crippen molar-refractivity contribution in [2.45, 2.75) is 19.0 Å². The van der Waals surface area contributed by atoms with Crippen molar-refractivity contribution >= 4 is 0 Å². The van der Waals surface area contributed by atoms with Crippen molar-refractivity contribution in [3.8, 4) is 0 Å². The molecular formula is C19H22N2. The van der Waals surface area contributed by atoms with Crippen LogP contribution in [-0.2, 0) is 0 Å². The van der Waals surface area contributed by atoms with Gasteiger partial charge in [0.15, 0.2) is 0 Å². The van der Waals surface area contributed by atoms with Crippen molar-refractivity contribution in [3.05, 3.63) is 91.3 Å². The van der Waals surface area contributed by atoms with Crippen molar-refractivity contribution in [3.63, 3.8) is 0 Å². The highest BCUT2D eigenvalue weighted by Gasteiger charge is 2.21. The first kappa shape index (κ1) is 15.2. The Hall–Kier alpha value is -2.19. The Labute approximate surface area is 127 Å². The minimum absolute atomic E-state index is 0.0661. The summed E-state index contributed by atoms with van der Waals surface area (Å²) in [4.78, 5) is 4.48. The molecule has 0 aliphatic rings. The van der Waals surface area contributed by atoms with E-state index in [4.69, 9.17) is 0 Å². The van der Waals surface area contributed by atoms with Crippen LogP contribution in [0.2, 0.25) is 0 Å². The third kappa shape index (κ3) is 3.89. The van der Waals surface area contributed by atoms with Gasteiger partial charge in [0.2, 0.25) is 0 Å². The van der Waals surface area contributed by atoms with Gasteiger partial charge in [0, 0.05) is 18.2 Å². The van der Waals surface area contributed by atoms with Crippen LogP contribution in [-0.4, -0.2) is 4.98 Å². The first-order chi connectivity index (χ1) is 10.3. The molecule has 2 aromatic rings. The maximum absolute atomic E-state index is 4.48. The minimum atomic E-state index is 0.0661. The van der Waals surface area contributed by atoms with Gasteiger partial charge < -0.3 is 5.32 Å². The average Bonchev–Trinajstić information content (AvgIpc) is 2.56. The molecule has 21 heavy (non-hydrogen) atoms. The lowest BCUT2D eigenvalue weighted by atomic mass is 9.94. The SMILES string of the molecule is C=CC(C=C)[C@H](N[C@@H](C)c1ccccc1)c1ccccn1. The van der Waals surface area contributed by atoms with E-state index in [1.807, 2.05) is 42.6 Å². The van der Waals surface area contributed by atoms with Crippen LogP contribution < -0.4 is 5.32 Å². The second-order valence-electron chi connectivity index (χ2n) is 5.08. The Morgan fingerprint density at radius 2 is 1.67 bits per heavy atom. The monoisotopic (exact) mass is 278 g/mol. The number of hydrogen-bond donors (Lipinski definition) is 1. The van der Waals surface area contributed by atoms with Crippen molar-refractivity contribution in [2.24, 2.45) is 5.92 Å². The number of hydrogen-bond acceptors (Lipinski definition) is 2. The molecule has 1 heterocycles. The molecule has 0 aliphatic carbocycles. The molecule has 0 unspecified atom stereocenters. The van der Waals surface area contributed by atoms with Crippen LogP contribution in [0.15, 0.2) is 80.0 Å². The molecule has 0 spiro atoms. The van der Waals surface area contributed by atoms with Crippen molar-refractivity contribution < 1.29 is 0 Å². The van der Waals surface area contributed by atoms with Crippen LogP contribution in [0, 0.1) is 5.92 Å². The summed E-state index contributed by atoms with van der Waals surface area (Å²) in [5, 5.41) is 3.65. The van der Waals surface area contributed by atoms with Crippen molar-refractivity contribution in [1.29, 1.82) is 0 Å². The molecule has 0 saturated heterocycles. The Morgan fingerprint density at radius 1 is 1.00 bits per heavy atom. The predicted molar refractivity (Wildman–Crippen MR) is 88.9 cm³/mol. The Morgan fingerprint density at radius 3 is 2.24 bits per heavy atom. The lowest BCUT2D eigenvalue weighted by molar-refractivity contribution is 0.414. The fourth-order valence-electron chi connectivity index (χ4n) is 2.43. The van der Waals surface area contributed by atoms with Gasteiger partial charge in [-0.05, 0) is 24.6 Å². The first-order valence-corrected chi connectivity index (χ1v) is 7.23. The Bertz CT molecular complexity index is 555. The summed E-state index contributed by atoms with van der Waals surface area (Å²) in [6.45, 7) is 10.00. The zero-order valence-electron chi connectivity index (χ0n) is 12.4. The van der Waals surface area contributed by atoms with Crippen molar-refractivity contribution in [1.82, 2.24) is 10.3 Å². The maximum Gasteiger partial charge on any atom is 0.0598 e. The van der Waals surface area contributed by atoms with Crippen molar-refractivity contribution in [2.75, 3.05) is 0 Å². The van der Waals surface area contributed by atoms with Gasteiger partial charge >= 0.3 is 0 Å². The minimum Gasteiger partial charge on any atom is -0.301 e. The van der Waals surface area contributed by atoms with E-state index >= 15 is 0 Å². The zero-order chi connectivity index (χ0) is 15.1. The highest BCUT2D eigenvalue weighted by molar-refractivity contribution is 5.21. The number of benzene rings is 1. The van der Waals surface area contributed by atoms with Gasteiger partial charge in [0.1, 0.15) is 0 Å². The second kappa shape index (κ2) is 7.55. The fraction of sp³-hybridized carbons (Fsp3) is 0.211. The molecule has 108 valence electrons. The molecule has 1 N–H and O–H groups in total. The zero-order valence-corrected chi connectivity index (χ0v) is 12.4. The lowest BCUT2D eigenvalue weighted by Gasteiger charge is -2.27. The molecule has 0 bridgehead atoms. The number of nitrogens with zero attached hydrogens (tertiary/aromatic N) is 1. The molecule has 1 aromatic carbocycles. The van der Waals surface area contributed by atoms with Crippen LogP contribution in [0.5, 0.6) is 0 Å². The quantitative estimate of drug-likeness (QED) is 0.756. The topological polar surface area (TPSA) is 24.9 Å². The van der Waals surface area contributed by atoms with Crippen LogP contribution in [0.3, 0.4) is 0 Å². The molecule has 0 amide bonds. The molecule has 0 saturated carbocycles. The van der Waals surface area contributed by atoms with Gasteiger partial charge in [0.25, 0.3) is 0 Å². The molecular weight excluding hydrogens is 256 g/mol. The lowest BCUT2D eigenvalue weighted by Crippen LogP contribution is -2.29. The third-order valence-corrected chi connectivity index (χ3v) is 3.66. The summed E-state index contributed by atoms with van der Waals surface area (Å²) >= 11 is 0. The molecule has 2 atom stereocenters. The molecule has 2 heteroatoms. The van der Waals surface area contributed by atoms with Crippen LogP contribution >= 0.6 is 0 Å². The highest BCUT2D eigenvalue weighted by atomic mass is 15.0. The smallest absolute Gasteiger partial charge is 0.0598 e. The van der Waals surface area contributed by atoms with E-state index in [-0.39, 0.29) is 18.0 Å². The van der Waals surface area contributed by atoms with Gasteiger partial charge in [-0.1, -0.05) is 48.6 Å². The Kier molecular flexibility index (Phi) is 5.47. The summed E-state index contributed by atoms with van der Waals surface area (Å²) < 4.78 is 0. The second-order valence-corrected chi connectivity index (χ2v) is 5.08. The van der Waals surface area contributed by atoms with E-state index in [1.54, 1.807) is 0 Å². The third-order valence-electron chi connectivity index (χ3n) is 3.66. The summed E-state index contributed by atoms with van der Waals surface area (Å²) in [6, 6.07) is 16.7. The van der Waals surface area contributed by atoms with E-state index in [0.29, 0.717) is 0 Å².